The summed E-state index contributed by atoms with van der Waals surface area (Å²) in [5.41, 5.74) is 4.68. The molecule has 0 N–H and O–H groups in total. The van der Waals surface area contributed by atoms with Crippen molar-refractivity contribution in [3.63, 3.8) is 0 Å². The molecule has 0 aliphatic carbocycles. The highest BCUT2D eigenvalue weighted by Gasteiger charge is 2.14. The van der Waals surface area contributed by atoms with E-state index >= 15 is 0 Å². The van der Waals surface area contributed by atoms with Crippen molar-refractivity contribution >= 4 is 11.8 Å². The number of hydrogen-bond donors (Lipinski definition) is 0. The summed E-state index contributed by atoms with van der Waals surface area (Å²) in [5, 5.41) is 9.45. The summed E-state index contributed by atoms with van der Waals surface area (Å²) in [5.74, 6) is 1.28. The molecule has 0 aliphatic rings. The van der Waals surface area contributed by atoms with Gasteiger partial charge in [-0.1, -0.05) is 36.0 Å². The normalized spacial score (nSPS) is 10.8. The number of hydrogen-bond acceptors (Lipinski definition) is 3. The zero-order valence-electron chi connectivity index (χ0n) is 14.4. The van der Waals surface area contributed by atoms with Gasteiger partial charge in [0.15, 0.2) is 11.0 Å². The highest BCUT2D eigenvalue weighted by Crippen LogP contribution is 2.27. The van der Waals surface area contributed by atoms with Gasteiger partial charge < -0.3 is 0 Å². The number of benzene rings is 2. The molecule has 3 nitrogen and oxygen atoms in total. The summed E-state index contributed by atoms with van der Waals surface area (Å²) < 4.78 is 15.2. The molecule has 0 saturated carbocycles. The maximum absolute atomic E-state index is 13.2. The Labute approximate surface area is 151 Å². The third kappa shape index (κ3) is 3.99. The standard InChI is InChI=1S/C20H20FN3S/c1-4-11-24-19(17-7-9-18(21)10-8-17)22-23-20(24)25-13-16-6-5-14(2)15(3)12-16/h4-10,12H,1,11,13H2,2-3H3. The van der Waals surface area contributed by atoms with Crippen LogP contribution < -0.4 is 0 Å². The Bertz CT molecular complexity index is 884. The van der Waals surface area contributed by atoms with Crippen molar-refractivity contribution in [2.75, 3.05) is 0 Å². The third-order valence-electron chi connectivity index (χ3n) is 4.07. The second kappa shape index (κ2) is 7.66. The van der Waals surface area contributed by atoms with Crippen LogP contribution in [0.15, 0.2) is 60.3 Å². The van der Waals surface area contributed by atoms with Crippen LogP contribution >= 0.6 is 11.8 Å². The van der Waals surface area contributed by atoms with E-state index in [0.717, 1.165) is 22.3 Å². The minimum absolute atomic E-state index is 0.261. The first-order valence-corrected chi connectivity index (χ1v) is 9.06. The van der Waals surface area contributed by atoms with Crippen molar-refractivity contribution in [3.05, 3.63) is 77.6 Å². The number of nitrogens with zero attached hydrogens (tertiary/aromatic N) is 3. The fourth-order valence-electron chi connectivity index (χ4n) is 2.54. The average Bonchev–Trinajstić information content (AvgIpc) is 3.00. The Balaban J connectivity index is 1.84. The predicted octanol–water partition coefficient (Wildman–Crippen LogP) is 5.18. The lowest BCUT2D eigenvalue weighted by Gasteiger charge is -2.08. The number of aryl methyl sites for hydroxylation is 2. The summed E-state index contributed by atoms with van der Waals surface area (Å²) in [7, 11) is 0. The first kappa shape index (κ1) is 17.4. The molecule has 1 aromatic heterocycles. The molecular formula is C20H20FN3S. The summed E-state index contributed by atoms with van der Waals surface area (Å²) >= 11 is 1.64. The molecule has 25 heavy (non-hydrogen) atoms. The van der Waals surface area contributed by atoms with Crippen molar-refractivity contribution < 1.29 is 4.39 Å². The van der Waals surface area contributed by atoms with Gasteiger partial charge in [-0.2, -0.15) is 0 Å². The Kier molecular flexibility index (Phi) is 5.34. The maximum Gasteiger partial charge on any atom is 0.192 e. The van der Waals surface area contributed by atoms with Gasteiger partial charge in [-0.25, -0.2) is 4.39 Å². The number of halogens is 1. The number of rotatable bonds is 6. The van der Waals surface area contributed by atoms with E-state index in [2.05, 4.69) is 48.8 Å². The highest BCUT2D eigenvalue weighted by atomic mass is 32.2. The van der Waals surface area contributed by atoms with Crippen LogP contribution in [-0.2, 0) is 12.3 Å². The van der Waals surface area contributed by atoms with Crippen LogP contribution in [0, 0.1) is 19.7 Å². The van der Waals surface area contributed by atoms with Gasteiger partial charge in [-0.3, -0.25) is 4.57 Å². The van der Waals surface area contributed by atoms with E-state index < -0.39 is 0 Å². The lowest BCUT2D eigenvalue weighted by Crippen LogP contribution is -2.00. The zero-order valence-corrected chi connectivity index (χ0v) is 15.2. The largest absolute Gasteiger partial charge is 0.298 e. The number of thioether (sulfide) groups is 1. The monoisotopic (exact) mass is 353 g/mol. The molecule has 0 radical (unpaired) electrons. The molecule has 0 amide bonds. The molecule has 3 rings (SSSR count). The molecule has 0 saturated heterocycles. The average molecular weight is 353 g/mol. The van der Waals surface area contributed by atoms with Gasteiger partial charge in [0.1, 0.15) is 5.82 Å². The van der Waals surface area contributed by atoms with Gasteiger partial charge in [0, 0.05) is 17.9 Å². The van der Waals surface area contributed by atoms with Crippen LogP contribution in [0.3, 0.4) is 0 Å². The molecule has 0 fully saturated rings. The Morgan fingerprint density at radius 2 is 1.84 bits per heavy atom. The summed E-state index contributed by atoms with van der Waals surface area (Å²) in [6, 6.07) is 12.8. The predicted molar refractivity (Wildman–Crippen MR) is 101 cm³/mol. The van der Waals surface area contributed by atoms with Crippen molar-refractivity contribution in [2.24, 2.45) is 0 Å². The molecule has 0 unspecified atom stereocenters. The van der Waals surface area contributed by atoms with Gasteiger partial charge in [-0.05, 0) is 54.8 Å². The first-order valence-electron chi connectivity index (χ1n) is 8.07. The van der Waals surface area contributed by atoms with E-state index in [1.165, 1.54) is 28.8 Å². The molecule has 2 aromatic carbocycles. The van der Waals surface area contributed by atoms with Gasteiger partial charge in [-0.15, -0.1) is 16.8 Å². The van der Waals surface area contributed by atoms with Crippen LogP contribution in [0.2, 0.25) is 0 Å². The van der Waals surface area contributed by atoms with Gasteiger partial charge >= 0.3 is 0 Å². The Hall–Kier alpha value is -2.40. The van der Waals surface area contributed by atoms with E-state index in [-0.39, 0.29) is 5.82 Å². The fraction of sp³-hybridized carbons (Fsp3) is 0.200. The lowest BCUT2D eigenvalue weighted by atomic mass is 10.1. The Morgan fingerprint density at radius 1 is 1.08 bits per heavy atom. The van der Waals surface area contributed by atoms with Crippen LogP contribution in [0.4, 0.5) is 4.39 Å². The van der Waals surface area contributed by atoms with E-state index in [1.807, 2.05) is 10.6 Å². The van der Waals surface area contributed by atoms with Gasteiger partial charge in [0.2, 0.25) is 0 Å². The van der Waals surface area contributed by atoms with Crippen LogP contribution in [-0.4, -0.2) is 14.8 Å². The van der Waals surface area contributed by atoms with Crippen molar-refractivity contribution in [1.82, 2.24) is 14.8 Å². The summed E-state index contributed by atoms with van der Waals surface area (Å²) in [6.45, 7) is 8.66. The van der Waals surface area contributed by atoms with E-state index in [9.17, 15) is 4.39 Å². The molecular weight excluding hydrogens is 333 g/mol. The number of allylic oxidation sites excluding steroid dienone is 1. The second-order valence-corrected chi connectivity index (χ2v) is 6.86. The molecule has 3 aromatic rings. The third-order valence-corrected chi connectivity index (χ3v) is 5.11. The topological polar surface area (TPSA) is 30.7 Å². The quantitative estimate of drug-likeness (QED) is 0.452. The molecule has 0 bridgehead atoms. The fourth-order valence-corrected chi connectivity index (χ4v) is 3.43. The molecule has 0 spiro atoms. The summed E-state index contributed by atoms with van der Waals surface area (Å²) in [6.07, 6.45) is 1.82. The van der Waals surface area contributed by atoms with E-state index in [4.69, 9.17) is 0 Å². The van der Waals surface area contributed by atoms with Gasteiger partial charge in [0.25, 0.3) is 0 Å². The highest BCUT2D eigenvalue weighted by molar-refractivity contribution is 7.98. The lowest BCUT2D eigenvalue weighted by molar-refractivity contribution is 0.628. The van der Waals surface area contributed by atoms with Crippen LogP contribution in [0.1, 0.15) is 16.7 Å². The molecule has 0 aliphatic heterocycles. The van der Waals surface area contributed by atoms with E-state index in [0.29, 0.717) is 6.54 Å². The molecule has 128 valence electrons. The zero-order chi connectivity index (χ0) is 17.8. The Morgan fingerprint density at radius 3 is 2.52 bits per heavy atom. The minimum Gasteiger partial charge on any atom is -0.298 e. The first-order chi connectivity index (χ1) is 12.1. The second-order valence-electron chi connectivity index (χ2n) is 5.92. The summed E-state index contributed by atoms with van der Waals surface area (Å²) in [4.78, 5) is 0. The van der Waals surface area contributed by atoms with Crippen LogP contribution in [0.5, 0.6) is 0 Å². The molecule has 5 heteroatoms. The molecule has 0 atom stereocenters. The van der Waals surface area contributed by atoms with Crippen molar-refractivity contribution in [3.8, 4) is 11.4 Å². The van der Waals surface area contributed by atoms with Crippen molar-refractivity contribution in [2.45, 2.75) is 31.3 Å². The van der Waals surface area contributed by atoms with Crippen LogP contribution in [0.25, 0.3) is 11.4 Å². The smallest absolute Gasteiger partial charge is 0.192 e. The van der Waals surface area contributed by atoms with Crippen molar-refractivity contribution in [1.29, 1.82) is 0 Å². The number of aromatic nitrogens is 3. The van der Waals surface area contributed by atoms with E-state index in [1.54, 1.807) is 23.9 Å². The minimum atomic E-state index is -0.261. The SMILES string of the molecule is C=CCn1c(SCc2ccc(C)c(C)c2)nnc1-c1ccc(F)cc1. The molecule has 1 heterocycles. The van der Waals surface area contributed by atoms with Gasteiger partial charge in [0.05, 0.1) is 0 Å². The maximum atomic E-state index is 13.2.